The summed E-state index contributed by atoms with van der Waals surface area (Å²) in [4.78, 5) is 7.07. The minimum absolute atomic E-state index is 0.419. The van der Waals surface area contributed by atoms with Gasteiger partial charge in [0.05, 0.1) is 24.7 Å². The van der Waals surface area contributed by atoms with Gasteiger partial charge in [-0.15, -0.1) is 0 Å². The number of anilines is 5. The van der Waals surface area contributed by atoms with E-state index in [1.807, 2.05) is 0 Å². The number of fused-ring (bicyclic) bond motifs is 1. The molecule has 5 rings (SSSR count). The first-order valence-corrected chi connectivity index (χ1v) is 15.5. The molecule has 0 fully saturated rings. The van der Waals surface area contributed by atoms with E-state index >= 15 is 0 Å². The first-order valence-electron chi connectivity index (χ1n) is 15.5. The van der Waals surface area contributed by atoms with Crippen molar-refractivity contribution in [3.8, 4) is 11.1 Å². The summed E-state index contributed by atoms with van der Waals surface area (Å²) in [5.74, 6) is 1.33. The van der Waals surface area contributed by atoms with Crippen LogP contribution in [0.5, 0.6) is 0 Å². The van der Waals surface area contributed by atoms with Crippen LogP contribution in [0.3, 0.4) is 0 Å². The van der Waals surface area contributed by atoms with Gasteiger partial charge in [0.15, 0.2) is 0 Å². The summed E-state index contributed by atoms with van der Waals surface area (Å²) >= 11 is 0. The summed E-state index contributed by atoms with van der Waals surface area (Å²) in [6.45, 7) is 17.6. The highest BCUT2D eigenvalue weighted by molar-refractivity contribution is 5.86. The SMILES string of the molecule is Cc1ccccc1N(C)CNc1cc(-c2c(C(C)C)cc(C(C)C)cc2C(C)C)cc(N2CN(C)c3ccccc32)c1. The zero-order valence-electron chi connectivity index (χ0n) is 27.0. The van der Waals surface area contributed by atoms with Gasteiger partial charge in [-0.3, -0.25) is 0 Å². The van der Waals surface area contributed by atoms with Gasteiger partial charge in [-0.05, 0) is 94.5 Å². The van der Waals surface area contributed by atoms with Crippen molar-refractivity contribution in [1.82, 2.24) is 0 Å². The number of rotatable bonds is 9. The van der Waals surface area contributed by atoms with Crippen LogP contribution in [0.4, 0.5) is 28.4 Å². The fourth-order valence-electron chi connectivity index (χ4n) is 6.19. The van der Waals surface area contributed by atoms with Gasteiger partial charge in [0.1, 0.15) is 0 Å². The summed E-state index contributed by atoms with van der Waals surface area (Å²) < 4.78 is 0. The Bertz CT molecular complexity index is 1520. The monoisotopic (exact) mass is 560 g/mol. The Morgan fingerprint density at radius 3 is 2.00 bits per heavy atom. The lowest BCUT2D eigenvalue weighted by Gasteiger charge is -2.27. The quantitative estimate of drug-likeness (QED) is 0.206. The predicted octanol–water partition coefficient (Wildman–Crippen LogP) is 10.1. The fourth-order valence-corrected chi connectivity index (χ4v) is 6.19. The molecule has 4 nitrogen and oxygen atoms in total. The van der Waals surface area contributed by atoms with Crippen LogP contribution in [0, 0.1) is 6.92 Å². The Balaban J connectivity index is 1.65. The van der Waals surface area contributed by atoms with Gasteiger partial charge in [-0.25, -0.2) is 0 Å². The second-order valence-electron chi connectivity index (χ2n) is 12.9. The zero-order chi connectivity index (χ0) is 30.1. The molecular formula is C38H48N4. The first-order chi connectivity index (χ1) is 20.0. The predicted molar refractivity (Wildman–Crippen MR) is 184 cm³/mol. The van der Waals surface area contributed by atoms with Crippen molar-refractivity contribution >= 4 is 28.4 Å². The average molecular weight is 561 g/mol. The highest BCUT2D eigenvalue weighted by Gasteiger charge is 2.26. The molecule has 1 heterocycles. The Hall–Kier alpha value is -3.92. The number of para-hydroxylation sites is 3. The first kappa shape index (κ1) is 29.6. The number of nitrogens with zero attached hydrogens (tertiary/aromatic N) is 3. The van der Waals surface area contributed by atoms with Crippen LogP contribution in [0.25, 0.3) is 11.1 Å². The lowest BCUT2D eigenvalue weighted by atomic mass is 9.81. The van der Waals surface area contributed by atoms with E-state index in [9.17, 15) is 0 Å². The lowest BCUT2D eigenvalue weighted by Crippen LogP contribution is -2.26. The molecule has 4 aromatic rings. The normalized spacial score (nSPS) is 13.0. The smallest absolute Gasteiger partial charge is 0.0950 e. The van der Waals surface area contributed by atoms with Gasteiger partial charge in [0, 0.05) is 31.2 Å². The molecule has 0 atom stereocenters. The summed E-state index contributed by atoms with van der Waals surface area (Å²) in [5.41, 5.74) is 14.3. The molecule has 1 aliphatic rings. The van der Waals surface area contributed by atoms with Gasteiger partial charge in [0.2, 0.25) is 0 Å². The molecule has 1 aliphatic heterocycles. The molecule has 0 aromatic heterocycles. The average Bonchev–Trinajstić information content (AvgIpc) is 3.31. The van der Waals surface area contributed by atoms with Crippen LogP contribution in [0.15, 0.2) is 78.9 Å². The number of aryl methyl sites for hydroxylation is 1. The lowest BCUT2D eigenvalue weighted by molar-refractivity contribution is 0.807. The van der Waals surface area contributed by atoms with Crippen molar-refractivity contribution in [1.29, 1.82) is 0 Å². The molecule has 0 amide bonds. The molecule has 0 saturated carbocycles. The van der Waals surface area contributed by atoms with Crippen LogP contribution < -0.4 is 20.0 Å². The minimum Gasteiger partial charge on any atom is -0.368 e. The van der Waals surface area contributed by atoms with Crippen molar-refractivity contribution in [2.75, 3.05) is 47.4 Å². The third-order valence-corrected chi connectivity index (χ3v) is 8.63. The highest BCUT2D eigenvalue weighted by Crippen LogP contribution is 2.44. The van der Waals surface area contributed by atoms with E-state index in [1.165, 1.54) is 56.1 Å². The van der Waals surface area contributed by atoms with E-state index in [0.717, 1.165) is 12.4 Å². The van der Waals surface area contributed by atoms with Crippen LogP contribution >= 0.6 is 0 Å². The molecule has 220 valence electrons. The summed E-state index contributed by atoms with van der Waals surface area (Å²) in [5, 5.41) is 3.79. The van der Waals surface area contributed by atoms with E-state index in [-0.39, 0.29) is 0 Å². The summed E-state index contributed by atoms with van der Waals surface area (Å²) in [6.07, 6.45) is 0. The van der Waals surface area contributed by atoms with Crippen LogP contribution in [-0.4, -0.2) is 27.4 Å². The van der Waals surface area contributed by atoms with Crippen LogP contribution in [-0.2, 0) is 0 Å². The summed E-state index contributed by atoms with van der Waals surface area (Å²) in [7, 11) is 4.33. The minimum atomic E-state index is 0.419. The fraction of sp³-hybridized carbons (Fsp3) is 0.368. The standard InChI is InChI=1S/C38H48N4/c1-25(2)29-20-33(26(3)4)38(34(21-29)27(5)6)30-18-31(39-23-40(8)35-15-11-10-14-28(35)7)22-32(19-30)42-24-41(9)36-16-12-13-17-37(36)42/h10-22,25-27,39H,23-24H2,1-9H3. The zero-order valence-corrected chi connectivity index (χ0v) is 27.0. The second-order valence-corrected chi connectivity index (χ2v) is 12.9. The van der Waals surface area contributed by atoms with Crippen molar-refractivity contribution < 1.29 is 0 Å². The van der Waals surface area contributed by atoms with Crippen molar-refractivity contribution in [3.05, 3.63) is 101 Å². The van der Waals surface area contributed by atoms with E-state index in [1.54, 1.807) is 0 Å². The molecule has 0 bridgehead atoms. The van der Waals surface area contributed by atoms with Crippen LogP contribution in [0.1, 0.15) is 81.5 Å². The van der Waals surface area contributed by atoms with Gasteiger partial charge in [-0.2, -0.15) is 0 Å². The van der Waals surface area contributed by atoms with Crippen LogP contribution in [0.2, 0.25) is 0 Å². The van der Waals surface area contributed by atoms with Gasteiger partial charge >= 0.3 is 0 Å². The summed E-state index contributed by atoms with van der Waals surface area (Å²) in [6, 6.07) is 29.3. The topological polar surface area (TPSA) is 21.8 Å². The number of hydrogen-bond acceptors (Lipinski definition) is 4. The third-order valence-electron chi connectivity index (χ3n) is 8.63. The maximum absolute atomic E-state index is 3.79. The molecule has 4 heteroatoms. The Labute approximate surface area is 254 Å². The number of benzene rings is 4. The van der Waals surface area contributed by atoms with Gasteiger partial charge in [0.25, 0.3) is 0 Å². The van der Waals surface area contributed by atoms with E-state index < -0.39 is 0 Å². The Kier molecular flexibility index (Phi) is 8.54. The van der Waals surface area contributed by atoms with Crippen molar-refractivity contribution in [2.45, 2.75) is 66.2 Å². The molecule has 1 N–H and O–H groups in total. The molecule has 0 unspecified atom stereocenters. The molecule has 0 aliphatic carbocycles. The van der Waals surface area contributed by atoms with Gasteiger partial charge in [-0.1, -0.05) is 84.0 Å². The molecule has 0 radical (unpaired) electrons. The molecule has 42 heavy (non-hydrogen) atoms. The Morgan fingerprint density at radius 2 is 1.38 bits per heavy atom. The third kappa shape index (κ3) is 5.86. The maximum atomic E-state index is 3.79. The van der Waals surface area contributed by atoms with E-state index in [2.05, 4.69) is 161 Å². The van der Waals surface area contributed by atoms with E-state index in [0.29, 0.717) is 24.4 Å². The second kappa shape index (κ2) is 12.1. The highest BCUT2D eigenvalue weighted by atomic mass is 15.4. The Morgan fingerprint density at radius 1 is 0.762 bits per heavy atom. The molecular weight excluding hydrogens is 512 g/mol. The molecule has 0 saturated heterocycles. The van der Waals surface area contributed by atoms with E-state index in [4.69, 9.17) is 0 Å². The molecule has 0 spiro atoms. The van der Waals surface area contributed by atoms with Crippen molar-refractivity contribution in [3.63, 3.8) is 0 Å². The number of hydrogen-bond donors (Lipinski definition) is 1. The van der Waals surface area contributed by atoms with Gasteiger partial charge < -0.3 is 20.0 Å². The maximum Gasteiger partial charge on any atom is 0.0950 e. The molecule has 4 aromatic carbocycles. The number of nitrogens with one attached hydrogen (secondary N) is 1. The van der Waals surface area contributed by atoms with Crippen molar-refractivity contribution in [2.24, 2.45) is 0 Å². The largest absolute Gasteiger partial charge is 0.368 e.